The molecule has 0 bridgehead atoms. The van der Waals surface area contributed by atoms with E-state index in [0.29, 0.717) is 11.5 Å². The third-order valence-corrected chi connectivity index (χ3v) is 3.23. The Kier molecular flexibility index (Phi) is 3.56. The summed E-state index contributed by atoms with van der Waals surface area (Å²) in [6.45, 7) is 2.17. The van der Waals surface area contributed by atoms with E-state index >= 15 is 0 Å². The van der Waals surface area contributed by atoms with Crippen molar-refractivity contribution in [2.45, 2.75) is 19.9 Å². The second-order valence-corrected chi connectivity index (χ2v) is 4.73. The molecule has 3 nitrogen and oxygen atoms in total. The molecule has 0 aliphatic rings. The van der Waals surface area contributed by atoms with E-state index in [1.165, 1.54) is 6.07 Å². The molecule has 1 aromatic heterocycles. The van der Waals surface area contributed by atoms with Crippen molar-refractivity contribution < 1.29 is 13.2 Å². The molecule has 0 atom stereocenters. The first-order chi connectivity index (χ1) is 10.2. The molecule has 2 aromatic carbocycles. The van der Waals surface area contributed by atoms with E-state index in [4.69, 9.17) is 4.42 Å². The fourth-order valence-corrected chi connectivity index (χ4v) is 2.11. The standard InChI is InChI=1S/C16H14F2N2O/c1-2-16-20-14-8-12(4-6-15(14)21-16)19-9-10-7-11(17)3-5-13(10)18/h3-8,19H,2,9H2,1H3. The second kappa shape index (κ2) is 5.52. The maximum absolute atomic E-state index is 13.5. The summed E-state index contributed by atoms with van der Waals surface area (Å²) in [5.74, 6) is -0.203. The monoisotopic (exact) mass is 288 g/mol. The fourth-order valence-electron chi connectivity index (χ4n) is 2.11. The first-order valence-corrected chi connectivity index (χ1v) is 6.73. The van der Waals surface area contributed by atoms with Gasteiger partial charge in [-0.25, -0.2) is 13.8 Å². The molecular weight excluding hydrogens is 274 g/mol. The van der Waals surface area contributed by atoms with Gasteiger partial charge in [0.2, 0.25) is 0 Å². The summed E-state index contributed by atoms with van der Waals surface area (Å²) in [4.78, 5) is 4.34. The summed E-state index contributed by atoms with van der Waals surface area (Å²) in [5.41, 5.74) is 2.53. The number of nitrogens with one attached hydrogen (secondary N) is 1. The lowest BCUT2D eigenvalue weighted by Crippen LogP contribution is -2.02. The van der Waals surface area contributed by atoms with Gasteiger partial charge in [-0.3, -0.25) is 0 Å². The Labute approximate surface area is 120 Å². The Hall–Kier alpha value is -2.43. The number of nitrogens with zero attached hydrogens (tertiary/aromatic N) is 1. The normalized spacial score (nSPS) is 11.0. The molecular formula is C16H14F2N2O. The van der Waals surface area contributed by atoms with Crippen LogP contribution in [0.25, 0.3) is 11.1 Å². The minimum Gasteiger partial charge on any atom is -0.441 e. The lowest BCUT2D eigenvalue weighted by Gasteiger charge is -2.07. The molecule has 0 aliphatic heterocycles. The van der Waals surface area contributed by atoms with Crippen molar-refractivity contribution in [1.82, 2.24) is 4.98 Å². The van der Waals surface area contributed by atoms with Gasteiger partial charge >= 0.3 is 0 Å². The number of fused-ring (bicyclic) bond motifs is 1. The van der Waals surface area contributed by atoms with Gasteiger partial charge in [-0.1, -0.05) is 6.92 Å². The molecule has 5 heteroatoms. The van der Waals surface area contributed by atoms with Crippen LogP contribution in [0.1, 0.15) is 18.4 Å². The van der Waals surface area contributed by atoms with E-state index in [9.17, 15) is 8.78 Å². The van der Waals surface area contributed by atoms with Crippen LogP contribution in [0.5, 0.6) is 0 Å². The molecule has 108 valence electrons. The molecule has 1 N–H and O–H groups in total. The predicted octanol–water partition coefficient (Wildman–Crippen LogP) is 4.28. The van der Waals surface area contributed by atoms with Gasteiger partial charge in [0.1, 0.15) is 17.2 Å². The number of aryl methyl sites for hydroxylation is 1. The van der Waals surface area contributed by atoms with Crippen LogP contribution >= 0.6 is 0 Å². The first kappa shape index (κ1) is 13.5. The lowest BCUT2D eigenvalue weighted by molar-refractivity contribution is 0.538. The fraction of sp³-hybridized carbons (Fsp3) is 0.188. The number of aromatic nitrogens is 1. The molecule has 3 rings (SSSR count). The molecule has 3 aromatic rings. The molecule has 0 fully saturated rings. The summed E-state index contributed by atoms with van der Waals surface area (Å²) in [6.07, 6.45) is 0.728. The zero-order valence-corrected chi connectivity index (χ0v) is 11.5. The van der Waals surface area contributed by atoms with Crippen LogP contribution in [0.3, 0.4) is 0 Å². The number of hydrogen-bond donors (Lipinski definition) is 1. The van der Waals surface area contributed by atoms with Crippen LogP contribution in [0, 0.1) is 11.6 Å². The number of oxazole rings is 1. The summed E-state index contributed by atoms with van der Waals surface area (Å²) >= 11 is 0. The number of anilines is 1. The predicted molar refractivity (Wildman–Crippen MR) is 77.1 cm³/mol. The van der Waals surface area contributed by atoms with Crippen molar-refractivity contribution in [2.75, 3.05) is 5.32 Å². The summed E-state index contributed by atoms with van der Waals surface area (Å²) in [6, 6.07) is 8.88. The Balaban J connectivity index is 1.80. The number of hydrogen-bond acceptors (Lipinski definition) is 3. The summed E-state index contributed by atoms with van der Waals surface area (Å²) in [5, 5.41) is 3.06. The molecule has 0 saturated carbocycles. The molecule has 21 heavy (non-hydrogen) atoms. The number of halogens is 2. The highest BCUT2D eigenvalue weighted by molar-refractivity contribution is 5.77. The molecule has 0 spiro atoms. The van der Waals surface area contributed by atoms with Crippen LogP contribution in [-0.4, -0.2) is 4.98 Å². The van der Waals surface area contributed by atoms with Gasteiger partial charge in [0.15, 0.2) is 11.5 Å². The first-order valence-electron chi connectivity index (χ1n) is 6.73. The molecule has 0 amide bonds. The SMILES string of the molecule is CCc1nc2cc(NCc3cc(F)ccc3F)ccc2o1. The average Bonchev–Trinajstić information content (AvgIpc) is 2.90. The van der Waals surface area contributed by atoms with Crippen molar-refractivity contribution in [3.63, 3.8) is 0 Å². The highest BCUT2D eigenvalue weighted by Gasteiger charge is 2.06. The maximum Gasteiger partial charge on any atom is 0.195 e. The largest absolute Gasteiger partial charge is 0.441 e. The van der Waals surface area contributed by atoms with Gasteiger partial charge in [0, 0.05) is 24.2 Å². The van der Waals surface area contributed by atoms with Gasteiger partial charge < -0.3 is 9.73 Å². The van der Waals surface area contributed by atoms with E-state index in [2.05, 4.69) is 10.3 Å². The van der Waals surface area contributed by atoms with Crippen LogP contribution in [-0.2, 0) is 13.0 Å². The highest BCUT2D eigenvalue weighted by atomic mass is 19.1. The lowest BCUT2D eigenvalue weighted by atomic mass is 10.2. The van der Waals surface area contributed by atoms with Crippen LogP contribution < -0.4 is 5.32 Å². The van der Waals surface area contributed by atoms with Crippen LogP contribution in [0.4, 0.5) is 14.5 Å². The van der Waals surface area contributed by atoms with E-state index in [-0.39, 0.29) is 12.1 Å². The average molecular weight is 288 g/mol. The van der Waals surface area contributed by atoms with Crippen LogP contribution in [0.15, 0.2) is 40.8 Å². The maximum atomic E-state index is 13.5. The topological polar surface area (TPSA) is 38.1 Å². The van der Waals surface area contributed by atoms with Crippen molar-refractivity contribution >= 4 is 16.8 Å². The Morgan fingerprint density at radius 2 is 2.00 bits per heavy atom. The zero-order valence-electron chi connectivity index (χ0n) is 11.5. The quantitative estimate of drug-likeness (QED) is 0.778. The van der Waals surface area contributed by atoms with E-state index in [1.54, 1.807) is 0 Å². The molecule has 0 saturated heterocycles. The number of rotatable bonds is 4. The van der Waals surface area contributed by atoms with Crippen molar-refractivity contribution in [1.29, 1.82) is 0 Å². The van der Waals surface area contributed by atoms with Gasteiger partial charge in [0.05, 0.1) is 0 Å². The number of benzene rings is 2. The third-order valence-electron chi connectivity index (χ3n) is 3.23. The Bertz CT molecular complexity index is 783. The van der Waals surface area contributed by atoms with E-state index in [0.717, 1.165) is 29.8 Å². The van der Waals surface area contributed by atoms with Crippen LogP contribution in [0.2, 0.25) is 0 Å². The van der Waals surface area contributed by atoms with Gasteiger partial charge in [-0.15, -0.1) is 0 Å². The third kappa shape index (κ3) is 2.86. The van der Waals surface area contributed by atoms with Crippen molar-refractivity contribution in [3.05, 3.63) is 59.5 Å². The molecule has 1 heterocycles. The molecule has 0 aliphatic carbocycles. The van der Waals surface area contributed by atoms with Gasteiger partial charge in [0.25, 0.3) is 0 Å². The molecule has 0 radical (unpaired) electrons. The zero-order chi connectivity index (χ0) is 14.8. The molecule has 0 unspecified atom stereocenters. The van der Waals surface area contributed by atoms with E-state index < -0.39 is 11.6 Å². The minimum atomic E-state index is -0.451. The minimum absolute atomic E-state index is 0.202. The summed E-state index contributed by atoms with van der Waals surface area (Å²) in [7, 11) is 0. The van der Waals surface area contributed by atoms with Crippen molar-refractivity contribution in [2.24, 2.45) is 0 Å². The van der Waals surface area contributed by atoms with Crippen molar-refractivity contribution in [3.8, 4) is 0 Å². The van der Waals surface area contributed by atoms with Gasteiger partial charge in [-0.2, -0.15) is 0 Å². The van der Waals surface area contributed by atoms with E-state index in [1.807, 2.05) is 25.1 Å². The highest BCUT2D eigenvalue weighted by Crippen LogP contribution is 2.21. The summed E-state index contributed by atoms with van der Waals surface area (Å²) < 4.78 is 32.2. The second-order valence-electron chi connectivity index (χ2n) is 4.73. The van der Waals surface area contributed by atoms with Gasteiger partial charge in [-0.05, 0) is 36.4 Å². The Morgan fingerprint density at radius 3 is 2.81 bits per heavy atom. The Morgan fingerprint density at radius 1 is 1.14 bits per heavy atom. The smallest absolute Gasteiger partial charge is 0.195 e.